The van der Waals surface area contributed by atoms with E-state index in [1.165, 1.54) is 0 Å². The van der Waals surface area contributed by atoms with Crippen LogP contribution < -0.4 is 0 Å². The Balaban J connectivity index is 1.21. The Kier molecular flexibility index (Phi) is 8.46. The molecule has 0 aliphatic carbocycles. The molecule has 0 aliphatic rings. The molecule has 7 nitrogen and oxygen atoms in total. The van der Waals surface area contributed by atoms with Crippen LogP contribution in [0.3, 0.4) is 0 Å². The number of fused-ring (bicyclic) bond motifs is 15. The van der Waals surface area contributed by atoms with Crippen LogP contribution in [0.15, 0.2) is 237 Å². The second-order valence-electron chi connectivity index (χ2n) is 19.4. The van der Waals surface area contributed by atoms with Crippen molar-refractivity contribution in [3.8, 4) is 40.6 Å². The number of rotatable bonds is 5. The van der Waals surface area contributed by atoms with Crippen LogP contribution in [0.2, 0.25) is 0 Å². The number of hydrogen-bond acceptors (Lipinski definition) is 2. The molecule has 0 amide bonds. The van der Waals surface area contributed by atoms with Gasteiger partial charge in [0.05, 0.1) is 77.9 Å². The second kappa shape index (κ2) is 15.5. The van der Waals surface area contributed by atoms with Gasteiger partial charge in [-0.05, 0) is 72.8 Å². The fourth-order valence-corrected chi connectivity index (χ4v) is 12.8. The predicted octanol–water partition coefficient (Wildman–Crippen LogP) is 16.9. The third kappa shape index (κ3) is 5.45. The molecular weight excluding hydrogens is 915 g/mol. The van der Waals surface area contributed by atoms with Gasteiger partial charge in [-0.3, -0.25) is 0 Å². The molecule has 0 bridgehead atoms. The van der Waals surface area contributed by atoms with Crippen LogP contribution in [-0.4, -0.2) is 22.8 Å². The van der Waals surface area contributed by atoms with Crippen LogP contribution in [0.5, 0.6) is 0 Å². The minimum Gasteiger partial charge on any atom is -0.309 e. The van der Waals surface area contributed by atoms with Gasteiger partial charge in [0.1, 0.15) is 23.3 Å². The van der Waals surface area contributed by atoms with Crippen LogP contribution in [-0.2, 0) is 0 Å². The standard InChI is InChI=1S/C68H39N7/c69-40-53-65(72-56-31-13-4-22-43(56)44-23-5-14-32-57(44)72)66(73-58-33-15-6-24-45(58)46-25-7-16-34-59(46)73)54(41-70)68(67(53)74-60-35-17-8-26-47(60)48-27-9-18-36-61(48)74)75-62-37-19-11-29-50(62)52-38-51-49-28-10-12-30-55(49)71(63(51)39-64(52)75)42-20-2-1-3-21-42/h1-39H. The van der Waals surface area contributed by atoms with Crippen molar-refractivity contribution in [3.63, 3.8) is 0 Å². The van der Waals surface area contributed by atoms with E-state index in [1.807, 2.05) is 0 Å². The molecule has 0 atom stereocenters. The summed E-state index contributed by atoms with van der Waals surface area (Å²) in [5, 5.41) is 36.0. The monoisotopic (exact) mass is 953 g/mol. The highest BCUT2D eigenvalue weighted by Gasteiger charge is 2.34. The van der Waals surface area contributed by atoms with Crippen molar-refractivity contribution in [1.29, 1.82) is 10.5 Å². The zero-order chi connectivity index (χ0) is 49.5. The molecule has 0 aliphatic heterocycles. The lowest BCUT2D eigenvalue weighted by Crippen LogP contribution is -2.16. The molecule has 16 aromatic rings. The van der Waals surface area contributed by atoms with Crippen LogP contribution >= 0.6 is 0 Å². The van der Waals surface area contributed by atoms with Crippen LogP contribution in [0.25, 0.3) is 137 Å². The quantitative estimate of drug-likeness (QED) is 0.172. The fraction of sp³-hybridized carbons (Fsp3) is 0. The lowest BCUT2D eigenvalue weighted by atomic mass is 9.98. The number of hydrogen-bond donors (Lipinski definition) is 0. The summed E-state index contributed by atoms with van der Waals surface area (Å²) in [6.45, 7) is 0. The van der Waals surface area contributed by atoms with Gasteiger partial charge in [-0.15, -0.1) is 0 Å². The molecule has 75 heavy (non-hydrogen) atoms. The highest BCUT2D eigenvalue weighted by atomic mass is 15.1. The molecule has 0 N–H and O–H groups in total. The Morgan fingerprint density at radius 1 is 0.213 bits per heavy atom. The molecule has 11 aromatic carbocycles. The summed E-state index contributed by atoms with van der Waals surface area (Å²) in [4.78, 5) is 0. The molecule has 7 heteroatoms. The molecule has 5 aromatic heterocycles. The molecule has 0 radical (unpaired) electrons. The maximum Gasteiger partial charge on any atom is 0.104 e. The number of nitriles is 2. The Hall–Kier alpha value is -10.6. The molecule has 346 valence electrons. The zero-order valence-corrected chi connectivity index (χ0v) is 40.1. The van der Waals surface area contributed by atoms with E-state index in [-0.39, 0.29) is 0 Å². The smallest absolute Gasteiger partial charge is 0.104 e. The molecule has 0 fully saturated rings. The summed E-state index contributed by atoms with van der Waals surface area (Å²) in [5.41, 5.74) is 13.8. The van der Waals surface area contributed by atoms with Crippen molar-refractivity contribution in [2.75, 3.05) is 0 Å². The van der Waals surface area contributed by atoms with Gasteiger partial charge in [-0.2, -0.15) is 10.5 Å². The van der Waals surface area contributed by atoms with Gasteiger partial charge < -0.3 is 22.8 Å². The van der Waals surface area contributed by atoms with Gasteiger partial charge in [0.2, 0.25) is 0 Å². The van der Waals surface area contributed by atoms with Crippen LogP contribution in [0, 0.1) is 22.7 Å². The normalized spacial score (nSPS) is 12.0. The van der Waals surface area contributed by atoms with Crippen molar-refractivity contribution in [1.82, 2.24) is 22.8 Å². The summed E-state index contributed by atoms with van der Waals surface area (Å²) in [7, 11) is 0. The average molecular weight is 954 g/mol. The minimum absolute atomic E-state index is 0.417. The van der Waals surface area contributed by atoms with Crippen molar-refractivity contribution in [2.45, 2.75) is 0 Å². The first-order valence-corrected chi connectivity index (χ1v) is 25.2. The Bertz CT molecular complexity index is 5060. The van der Waals surface area contributed by atoms with Gasteiger partial charge >= 0.3 is 0 Å². The van der Waals surface area contributed by atoms with E-state index in [9.17, 15) is 10.5 Å². The SMILES string of the molecule is N#Cc1c(-n2c3ccccc3c3ccccc32)c(-n2c3ccccc3c3ccccc32)c(C#N)c(-n2c3ccccc3c3cc4c5ccccc5n(-c5ccccc5)c4cc32)c1-n1c2ccccc2c2ccccc21. The van der Waals surface area contributed by atoms with E-state index in [4.69, 9.17) is 0 Å². The maximum absolute atomic E-state index is 12.7. The number of aromatic nitrogens is 5. The predicted molar refractivity (Wildman–Crippen MR) is 308 cm³/mol. The lowest BCUT2D eigenvalue weighted by Gasteiger charge is -2.27. The summed E-state index contributed by atoms with van der Waals surface area (Å²) >= 11 is 0. The number of benzene rings is 11. The van der Waals surface area contributed by atoms with Crippen molar-refractivity contribution in [3.05, 3.63) is 248 Å². The molecule has 5 heterocycles. The van der Waals surface area contributed by atoms with Gasteiger partial charge in [0, 0.05) is 59.5 Å². The summed E-state index contributed by atoms with van der Waals surface area (Å²) in [6, 6.07) is 88.8. The zero-order valence-electron chi connectivity index (χ0n) is 40.1. The van der Waals surface area contributed by atoms with Gasteiger partial charge in [0.15, 0.2) is 0 Å². The third-order valence-electron chi connectivity index (χ3n) is 15.7. The summed E-state index contributed by atoms with van der Waals surface area (Å²) in [5.74, 6) is 0. The van der Waals surface area contributed by atoms with Gasteiger partial charge in [0.25, 0.3) is 0 Å². The molecular formula is C68H39N7. The van der Waals surface area contributed by atoms with Gasteiger partial charge in [-0.25, -0.2) is 0 Å². The van der Waals surface area contributed by atoms with Gasteiger partial charge in [-0.1, -0.05) is 164 Å². The first-order valence-electron chi connectivity index (χ1n) is 25.2. The maximum atomic E-state index is 12.7. The van der Waals surface area contributed by atoms with E-state index in [0.717, 1.165) is 115 Å². The molecule has 0 unspecified atom stereocenters. The fourth-order valence-electron chi connectivity index (χ4n) is 12.8. The molecule has 0 saturated carbocycles. The highest BCUT2D eigenvalue weighted by Crippen LogP contribution is 2.49. The van der Waals surface area contributed by atoms with Crippen LogP contribution in [0.4, 0.5) is 0 Å². The number of para-hydroxylation sites is 9. The van der Waals surface area contributed by atoms with Crippen molar-refractivity contribution >= 4 is 109 Å². The first-order chi connectivity index (χ1) is 37.2. The molecule has 0 saturated heterocycles. The van der Waals surface area contributed by atoms with E-state index in [1.54, 1.807) is 0 Å². The van der Waals surface area contributed by atoms with E-state index in [0.29, 0.717) is 33.9 Å². The summed E-state index contributed by atoms with van der Waals surface area (Å²) in [6.07, 6.45) is 0. The first kappa shape index (κ1) is 41.1. The second-order valence-corrected chi connectivity index (χ2v) is 19.4. The van der Waals surface area contributed by atoms with Crippen LogP contribution in [0.1, 0.15) is 11.1 Å². The number of nitrogens with zero attached hydrogens (tertiary/aromatic N) is 7. The van der Waals surface area contributed by atoms with Crippen molar-refractivity contribution in [2.24, 2.45) is 0 Å². The average Bonchev–Trinajstić information content (AvgIpc) is 4.26. The Morgan fingerprint density at radius 3 is 0.733 bits per heavy atom. The van der Waals surface area contributed by atoms with E-state index < -0.39 is 0 Å². The highest BCUT2D eigenvalue weighted by molar-refractivity contribution is 6.20. The lowest BCUT2D eigenvalue weighted by molar-refractivity contribution is 1.02. The molecule has 0 spiro atoms. The van der Waals surface area contributed by atoms with E-state index in [2.05, 4.69) is 272 Å². The minimum atomic E-state index is 0.417. The molecule has 16 rings (SSSR count). The third-order valence-corrected chi connectivity index (χ3v) is 15.7. The Labute approximate surface area is 428 Å². The van der Waals surface area contributed by atoms with Crippen molar-refractivity contribution < 1.29 is 0 Å². The topological polar surface area (TPSA) is 72.2 Å². The largest absolute Gasteiger partial charge is 0.309 e. The van der Waals surface area contributed by atoms with E-state index >= 15 is 0 Å². The summed E-state index contributed by atoms with van der Waals surface area (Å²) < 4.78 is 11.4. The Morgan fingerprint density at radius 2 is 0.440 bits per heavy atom.